The van der Waals surface area contributed by atoms with Gasteiger partial charge in [-0.15, -0.1) is 10.2 Å². The van der Waals surface area contributed by atoms with E-state index < -0.39 is 0 Å². The number of benzene rings is 3. The molecule has 1 heterocycles. The van der Waals surface area contributed by atoms with Gasteiger partial charge in [0.15, 0.2) is 11.0 Å². The average molecular weight is 449 g/mol. The van der Waals surface area contributed by atoms with E-state index in [1.54, 1.807) is 0 Å². The van der Waals surface area contributed by atoms with E-state index in [0.717, 1.165) is 16.8 Å². The zero-order chi connectivity index (χ0) is 21.6. The fourth-order valence-electron chi connectivity index (χ4n) is 3.20. The van der Waals surface area contributed by atoms with Crippen LogP contribution in [0.5, 0.6) is 0 Å². The number of para-hydroxylation sites is 1. The minimum atomic E-state index is -0.0640. The third-order valence-electron chi connectivity index (χ3n) is 4.76. The third kappa shape index (κ3) is 5.16. The van der Waals surface area contributed by atoms with Gasteiger partial charge in [0.05, 0.1) is 11.8 Å². The van der Waals surface area contributed by atoms with Crippen molar-refractivity contribution >= 4 is 29.3 Å². The first-order valence-corrected chi connectivity index (χ1v) is 11.2. The van der Waals surface area contributed by atoms with Crippen molar-refractivity contribution in [1.82, 2.24) is 20.1 Å². The van der Waals surface area contributed by atoms with Crippen molar-refractivity contribution < 1.29 is 4.79 Å². The van der Waals surface area contributed by atoms with Gasteiger partial charge < -0.3 is 5.32 Å². The molecule has 0 aliphatic rings. The smallest absolute Gasteiger partial charge is 0.230 e. The second-order valence-corrected chi connectivity index (χ2v) is 8.35. The first kappa shape index (κ1) is 21.2. The summed E-state index contributed by atoms with van der Waals surface area (Å²) in [5.41, 5.74) is 2.89. The highest BCUT2D eigenvalue weighted by atomic mass is 35.5. The highest BCUT2D eigenvalue weighted by Gasteiger charge is 2.18. The lowest BCUT2D eigenvalue weighted by atomic mass is 10.1. The Bertz CT molecular complexity index is 1150. The van der Waals surface area contributed by atoms with E-state index >= 15 is 0 Å². The molecule has 4 aromatic rings. The van der Waals surface area contributed by atoms with Crippen LogP contribution >= 0.6 is 23.4 Å². The quantitative estimate of drug-likeness (QED) is 0.376. The molecule has 0 radical (unpaired) electrons. The second-order valence-electron chi connectivity index (χ2n) is 6.97. The summed E-state index contributed by atoms with van der Waals surface area (Å²) in [5, 5.41) is 13.1. The summed E-state index contributed by atoms with van der Waals surface area (Å²) in [5.74, 6) is 0.878. The number of hydrogen-bond donors (Lipinski definition) is 1. The van der Waals surface area contributed by atoms with Crippen LogP contribution in [0.15, 0.2) is 90.1 Å². The summed E-state index contributed by atoms with van der Waals surface area (Å²) in [6.07, 6.45) is 0. The Balaban J connectivity index is 1.54. The molecule has 1 atom stereocenters. The fraction of sp³-hybridized carbons (Fsp3) is 0.125. The van der Waals surface area contributed by atoms with E-state index in [0.29, 0.717) is 16.0 Å². The zero-order valence-corrected chi connectivity index (χ0v) is 18.5. The van der Waals surface area contributed by atoms with Crippen LogP contribution in [-0.2, 0) is 4.79 Å². The lowest BCUT2D eigenvalue weighted by molar-refractivity contribution is -0.119. The minimum absolute atomic E-state index is 0.0583. The Labute approximate surface area is 190 Å². The summed E-state index contributed by atoms with van der Waals surface area (Å²) in [4.78, 5) is 12.6. The number of amides is 1. The second kappa shape index (κ2) is 9.81. The first-order chi connectivity index (χ1) is 15.1. The number of carbonyl (C=O) groups is 1. The molecule has 31 heavy (non-hydrogen) atoms. The summed E-state index contributed by atoms with van der Waals surface area (Å²) < 4.78 is 1.96. The van der Waals surface area contributed by atoms with Crippen molar-refractivity contribution in [1.29, 1.82) is 0 Å². The van der Waals surface area contributed by atoms with Gasteiger partial charge >= 0.3 is 0 Å². The van der Waals surface area contributed by atoms with Gasteiger partial charge in [0.1, 0.15) is 0 Å². The van der Waals surface area contributed by atoms with E-state index in [1.807, 2.05) is 96.4 Å². The number of rotatable bonds is 7. The predicted octanol–water partition coefficient (Wildman–Crippen LogP) is 5.56. The zero-order valence-electron chi connectivity index (χ0n) is 16.9. The molecule has 1 N–H and O–H groups in total. The number of nitrogens with zero attached hydrogens (tertiary/aromatic N) is 3. The summed E-state index contributed by atoms with van der Waals surface area (Å²) in [7, 11) is 0. The number of nitrogens with one attached hydrogen (secondary N) is 1. The van der Waals surface area contributed by atoms with Gasteiger partial charge in [0.25, 0.3) is 0 Å². The molecule has 0 aliphatic carbocycles. The topological polar surface area (TPSA) is 59.8 Å². The highest BCUT2D eigenvalue weighted by molar-refractivity contribution is 7.99. The van der Waals surface area contributed by atoms with Gasteiger partial charge in [0, 0.05) is 16.3 Å². The lowest BCUT2D eigenvalue weighted by Gasteiger charge is -2.14. The molecule has 0 bridgehead atoms. The Kier molecular flexibility index (Phi) is 6.70. The maximum Gasteiger partial charge on any atom is 0.230 e. The molecule has 5 nitrogen and oxygen atoms in total. The molecule has 0 aliphatic heterocycles. The molecule has 4 rings (SSSR count). The van der Waals surface area contributed by atoms with Crippen molar-refractivity contribution in [2.24, 2.45) is 0 Å². The van der Waals surface area contributed by atoms with Crippen molar-refractivity contribution in [2.75, 3.05) is 5.75 Å². The van der Waals surface area contributed by atoms with Gasteiger partial charge in [-0.25, -0.2) is 0 Å². The van der Waals surface area contributed by atoms with Gasteiger partial charge in [-0.2, -0.15) is 0 Å². The number of thioether (sulfide) groups is 1. The van der Waals surface area contributed by atoms with Crippen LogP contribution in [0.25, 0.3) is 17.1 Å². The Hall–Kier alpha value is -3.09. The Morgan fingerprint density at radius 1 is 0.968 bits per heavy atom. The maximum absolute atomic E-state index is 12.6. The molecular weight excluding hydrogens is 428 g/mol. The average Bonchev–Trinajstić information content (AvgIpc) is 3.23. The standard InChI is InChI=1S/C24H21ClN4OS/c1-17(18-8-4-2-5-9-18)26-22(30)16-31-24-28-27-23(19-12-14-20(25)15-13-19)29(24)21-10-6-3-7-11-21/h2-15,17H,16H2,1H3,(H,26,30)/t17-/m0/s1. The van der Waals surface area contributed by atoms with Crippen LogP contribution in [0.3, 0.4) is 0 Å². The van der Waals surface area contributed by atoms with Crippen LogP contribution in [0.4, 0.5) is 0 Å². The largest absolute Gasteiger partial charge is 0.349 e. The van der Waals surface area contributed by atoms with Crippen LogP contribution < -0.4 is 5.32 Å². The fourth-order valence-corrected chi connectivity index (χ4v) is 4.09. The van der Waals surface area contributed by atoms with Gasteiger partial charge in [-0.3, -0.25) is 9.36 Å². The van der Waals surface area contributed by atoms with Crippen LogP contribution in [0.1, 0.15) is 18.5 Å². The van der Waals surface area contributed by atoms with Crippen molar-refractivity contribution in [3.8, 4) is 17.1 Å². The number of carbonyl (C=O) groups excluding carboxylic acids is 1. The van der Waals surface area contributed by atoms with Crippen LogP contribution in [-0.4, -0.2) is 26.4 Å². The number of halogens is 1. The van der Waals surface area contributed by atoms with E-state index in [2.05, 4.69) is 15.5 Å². The molecule has 3 aromatic carbocycles. The summed E-state index contributed by atoms with van der Waals surface area (Å²) >= 11 is 7.40. The Morgan fingerprint density at radius 3 is 2.29 bits per heavy atom. The predicted molar refractivity (Wildman–Crippen MR) is 126 cm³/mol. The summed E-state index contributed by atoms with van der Waals surface area (Å²) in [6.45, 7) is 1.98. The number of hydrogen-bond acceptors (Lipinski definition) is 4. The van der Waals surface area contributed by atoms with Crippen molar-refractivity contribution in [2.45, 2.75) is 18.1 Å². The lowest BCUT2D eigenvalue weighted by Crippen LogP contribution is -2.28. The van der Waals surface area contributed by atoms with E-state index in [-0.39, 0.29) is 17.7 Å². The minimum Gasteiger partial charge on any atom is -0.349 e. The Morgan fingerprint density at radius 2 is 1.61 bits per heavy atom. The normalized spacial score (nSPS) is 11.8. The molecule has 0 spiro atoms. The highest BCUT2D eigenvalue weighted by Crippen LogP contribution is 2.28. The molecule has 1 aromatic heterocycles. The molecule has 0 unspecified atom stereocenters. The molecule has 7 heteroatoms. The molecule has 0 saturated carbocycles. The number of aromatic nitrogens is 3. The van der Waals surface area contributed by atoms with E-state index in [1.165, 1.54) is 11.8 Å². The van der Waals surface area contributed by atoms with Crippen LogP contribution in [0.2, 0.25) is 5.02 Å². The van der Waals surface area contributed by atoms with Crippen molar-refractivity contribution in [3.05, 3.63) is 95.5 Å². The first-order valence-electron chi connectivity index (χ1n) is 9.85. The van der Waals surface area contributed by atoms with Gasteiger partial charge in [-0.1, -0.05) is 71.9 Å². The van der Waals surface area contributed by atoms with E-state index in [9.17, 15) is 4.79 Å². The molecule has 0 fully saturated rings. The third-order valence-corrected chi connectivity index (χ3v) is 5.94. The maximum atomic E-state index is 12.6. The monoisotopic (exact) mass is 448 g/mol. The SMILES string of the molecule is C[C@H](NC(=O)CSc1nnc(-c2ccc(Cl)cc2)n1-c1ccccc1)c1ccccc1. The summed E-state index contributed by atoms with van der Waals surface area (Å²) in [6, 6.07) is 27.2. The molecule has 0 saturated heterocycles. The molecule has 1 amide bonds. The van der Waals surface area contributed by atoms with Gasteiger partial charge in [-0.05, 0) is 48.9 Å². The van der Waals surface area contributed by atoms with Crippen LogP contribution in [0, 0.1) is 0 Å². The van der Waals surface area contributed by atoms with Crippen molar-refractivity contribution in [3.63, 3.8) is 0 Å². The molecule has 156 valence electrons. The van der Waals surface area contributed by atoms with E-state index in [4.69, 9.17) is 11.6 Å². The molecular formula is C24H21ClN4OS. The van der Waals surface area contributed by atoms with Gasteiger partial charge in [0.2, 0.25) is 5.91 Å².